The van der Waals surface area contributed by atoms with Crippen molar-refractivity contribution in [2.75, 3.05) is 0 Å². The van der Waals surface area contributed by atoms with Crippen LogP contribution < -0.4 is 0 Å². The highest BCUT2D eigenvalue weighted by molar-refractivity contribution is 4.98. The van der Waals surface area contributed by atoms with Gasteiger partial charge in [-0.3, -0.25) is 4.98 Å². The minimum atomic E-state index is -4.38. The molecule has 1 rings (SSSR count). The van der Waals surface area contributed by atoms with Gasteiger partial charge in [-0.1, -0.05) is 0 Å². The summed E-state index contributed by atoms with van der Waals surface area (Å²) in [6, 6.07) is 0. The number of aromatic nitrogens is 2. The Balaban J connectivity index is 2.97. The van der Waals surface area contributed by atoms with E-state index in [1.165, 1.54) is 6.20 Å². The molecule has 1 aromatic rings. The zero-order chi connectivity index (χ0) is 7.61. The highest BCUT2D eigenvalue weighted by Gasteiger charge is 2.32. The quantitative estimate of drug-likeness (QED) is 0.555. The summed E-state index contributed by atoms with van der Waals surface area (Å²) in [6.45, 7) is 0. The van der Waals surface area contributed by atoms with Crippen LogP contribution in [0.25, 0.3) is 0 Å². The van der Waals surface area contributed by atoms with Crippen molar-refractivity contribution in [2.24, 2.45) is 0 Å². The lowest BCUT2D eigenvalue weighted by Crippen LogP contribution is -2.07. The SMILES string of the molecule is FC(F)([18F])c1cnccn1. The van der Waals surface area contributed by atoms with Crippen LogP contribution >= 0.6 is 0 Å². The molecule has 1 heterocycles. The van der Waals surface area contributed by atoms with Crippen molar-refractivity contribution in [3.63, 3.8) is 0 Å². The lowest BCUT2D eigenvalue weighted by Gasteiger charge is -2.01. The van der Waals surface area contributed by atoms with Gasteiger partial charge < -0.3 is 0 Å². The summed E-state index contributed by atoms with van der Waals surface area (Å²) in [6.07, 6.45) is -1.51. The van der Waals surface area contributed by atoms with Crippen LogP contribution in [0.4, 0.5) is 13.2 Å². The van der Waals surface area contributed by atoms with E-state index in [0.29, 0.717) is 6.20 Å². The summed E-state index contributed by atoms with van der Waals surface area (Å²) in [7, 11) is 0. The highest BCUT2D eigenvalue weighted by atomic mass is 19.3. The van der Waals surface area contributed by atoms with Gasteiger partial charge in [0.25, 0.3) is 0 Å². The third-order valence-corrected chi connectivity index (χ3v) is 0.854. The number of hydrogen-bond donors (Lipinski definition) is 0. The van der Waals surface area contributed by atoms with E-state index < -0.39 is 11.9 Å². The lowest BCUT2D eigenvalue weighted by molar-refractivity contribution is -0.141. The molecule has 0 fully saturated rings. The zero-order valence-electron chi connectivity index (χ0n) is 4.76. The largest absolute Gasteiger partial charge is 0.434 e. The summed E-state index contributed by atoms with van der Waals surface area (Å²) in [5.41, 5.74) is -0.963. The van der Waals surface area contributed by atoms with Crippen molar-refractivity contribution in [3.05, 3.63) is 24.3 Å². The first-order chi connectivity index (χ1) is 4.61. The molecule has 0 unspecified atom stereocenters. The molecule has 0 radical (unpaired) electrons. The van der Waals surface area contributed by atoms with Crippen LogP contribution in [-0.4, -0.2) is 9.97 Å². The van der Waals surface area contributed by atoms with Crippen molar-refractivity contribution in [1.82, 2.24) is 9.97 Å². The number of halogens is 3. The molecule has 0 bridgehead atoms. The maximum absolute atomic E-state index is 11.7. The Kier molecular flexibility index (Phi) is 1.57. The van der Waals surface area contributed by atoms with Crippen molar-refractivity contribution >= 4 is 0 Å². The minimum absolute atomic E-state index is 0.681. The van der Waals surface area contributed by atoms with E-state index in [9.17, 15) is 13.2 Å². The van der Waals surface area contributed by atoms with Crippen molar-refractivity contribution in [2.45, 2.75) is 6.18 Å². The molecule has 0 aliphatic rings. The van der Waals surface area contributed by atoms with Crippen LogP contribution in [0.1, 0.15) is 5.69 Å². The Morgan fingerprint density at radius 2 is 1.90 bits per heavy atom. The number of nitrogens with zero attached hydrogens (tertiary/aromatic N) is 2. The number of hydrogen-bond acceptors (Lipinski definition) is 2. The van der Waals surface area contributed by atoms with E-state index in [4.69, 9.17) is 0 Å². The fraction of sp³-hybridized carbons (Fsp3) is 0.200. The van der Waals surface area contributed by atoms with Crippen LogP contribution in [0.2, 0.25) is 0 Å². The van der Waals surface area contributed by atoms with Crippen molar-refractivity contribution in [3.8, 4) is 0 Å². The molecule has 0 aromatic carbocycles. The standard InChI is InChI=1S/C5H3F3N2/c6-5(7,8)4-3-9-1-2-10-4/h1-3H/i6-1. The second kappa shape index (κ2) is 2.24. The van der Waals surface area contributed by atoms with Gasteiger partial charge in [0.1, 0.15) is 0 Å². The summed E-state index contributed by atoms with van der Waals surface area (Å²) in [5, 5.41) is 0. The van der Waals surface area contributed by atoms with Crippen molar-refractivity contribution in [1.29, 1.82) is 0 Å². The molecule has 0 aliphatic carbocycles. The summed E-state index contributed by atoms with van der Waals surface area (Å²) in [4.78, 5) is 6.33. The van der Waals surface area contributed by atoms with Gasteiger partial charge in [-0.25, -0.2) is 4.98 Å². The van der Waals surface area contributed by atoms with E-state index in [0.717, 1.165) is 6.20 Å². The molecule has 0 amide bonds. The average molecular weight is 147 g/mol. The fourth-order valence-corrected chi connectivity index (χ4v) is 0.445. The third-order valence-electron chi connectivity index (χ3n) is 0.854. The molecule has 0 spiro atoms. The topological polar surface area (TPSA) is 25.8 Å². The first kappa shape index (κ1) is 6.98. The van der Waals surface area contributed by atoms with E-state index >= 15 is 0 Å². The van der Waals surface area contributed by atoms with Gasteiger partial charge in [0, 0.05) is 12.4 Å². The molecular weight excluding hydrogens is 144 g/mol. The van der Waals surface area contributed by atoms with Gasteiger partial charge in [-0.15, -0.1) is 0 Å². The summed E-state index contributed by atoms with van der Waals surface area (Å²) >= 11 is 0. The smallest absolute Gasteiger partial charge is 0.261 e. The molecule has 0 aliphatic heterocycles. The van der Waals surface area contributed by atoms with E-state index in [1.54, 1.807) is 0 Å². The second-order valence-electron chi connectivity index (χ2n) is 1.59. The average Bonchev–Trinajstić information content (AvgIpc) is 1.88. The van der Waals surface area contributed by atoms with Crippen LogP contribution in [0.15, 0.2) is 18.6 Å². The van der Waals surface area contributed by atoms with Gasteiger partial charge in [0.15, 0.2) is 5.69 Å². The first-order valence-corrected chi connectivity index (χ1v) is 2.44. The molecule has 0 atom stereocenters. The van der Waals surface area contributed by atoms with E-state index in [1.807, 2.05) is 0 Å². The van der Waals surface area contributed by atoms with Gasteiger partial charge in [0.2, 0.25) is 0 Å². The first-order valence-electron chi connectivity index (χ1n) is 2.44. The molecule has 0 saturated carbocycles. The summed E-state index contributed by atoms with van der Waals surface area (Å²) in [5.74, 6) is 0. The van der Waals surface area contributed by atoms with Crippen LogP contribution in [0, 0.1) is 0 Å². The van der Waals surface area contributed by atoms with E-state index in [-0.39, 0.29) is 0 Å². The van der Waals surface area contributed by atoms with Gasteiger partial charge in [-0.05, 0) is 0 Å². The number of alkyl halides is 3. The molecule has 10 heavy (non-hydrogen) atoms. The maximum Gasteiger partial charge on any atom is 0.434 e. The third kappa shape index (κ3) is 1.43. The predicted molar refractivity (Wildman–Crippen MR) is 27.0 cm³/mol. The maximum atomic E-state index is 11.7. The summed E-state index contributed by atoms with van der Waals surface area (Å²) < 4.78 is 35.1. The monoisotopic (exact) mass is 147 g/mol. The number of rotatable bonds is 0. The Morgan fingerprint density at radius 3 is 2.20 bits per heavy atom. The predicted octanol–water partition coefficient (Wildman–Crippen LogP) is 1.50. The van der Waals surface area contributed by atoms with Gasteiger partial charge in [-0.2, -0.15) is 13.2 Å². The second-order valence-corrected chi connectivity index (χ2v) is 1.59. The molecule has 5 heteroatoms. The normalized spacial score (nSPS) is 11.5. The fourth-order valence-electron chi connectivity index (χ4n) is 0.445. The van der Waals surface area contributed by atoms with Crippen LogP contribution in [0.5, 0.6) is 0 Å². The van der Waals surface area contributed by atoms with Crippen LogP contribution in [0.3, 0.4) is 0 Å². The lowest BCUT2D eigenvalue weighted by atomic mass is 10.4. The molecule has 0 saturated heterocycles. The molecule has 2 nitrogen and oxygen atoms in total. The molecule has 54 valence electrons. The molecule has 1 aromatic heterocycles. The molecular formula is C5H3F3N2. The zero-order valence-corrected chi connectivity index (χ0v) is 4.76. The van der Waals surface area contributed by atoms with Crippen molar-refractivity contribution < 1.29 is 13.2 Å². The Hall–Kier alpha value is -1.13. The Bertz CT molecular complexity index is 206. The van der Waals surface area contributed by atoms with Gasteiger partial charge in [0.05, 0.1) is 6.20 Å². The minimum Gasteiger partial charge on any atom is -0.261 e. The Morgan fingerprint density at radius 1 is 1.20 bits per heavy atom. The van der Waals surface area contributed by atoms with Gasteiger partial charge >= 0.3 is 6.18 Å². The Labute approximate surface area is 54.7 Å². The molecule has 0 N–H and O–H groups in total. The van der Waals surface area contributed by atoms with E-state index in [2.05, 4.69) is 9.97 Å². The van der Waals surface area contributed by atoms with Crippen LogP contribution in [-0.2, 0) is 6.18 Å². The highest BCUT2D eigenvalue weighted by Crippen LogP contribution is 2.25.